The minimum Gasteiger partial charge on any atom is -0.342 e. The number of carbonyl (C=O) groups is 1. The zero-order valence-corrected chi connectivity index (χ0v) is 18.7. The Kier molecular flexibility index (Phi) is 6.11. The second kappa shape index (κ2) is 9.33. The second-order valence-electron chi connectivity index (χ2n) is 9.23. The molecule has 0 spiro atoms. The summed E-state index contributed by atoms with van der Waals surface area (Å²) in [5.41, 5.74) is 1.80. The molecule has 172 valence electrons. The van der Waals surface area contributed by atoms with Gasteiger partial charge in [0.15, 0.2) is 0 Å². The van der Waals surface area contributed by atoms with Crippen LogP contribution in [0.5, 0.6) is 0 Å². The molecule has 2 aliphatic heterocycles. The molecule has 0 saturated carbocycles. The fraction of sp³-hybridized carbons (Fsp3) is 0.423. The molecular formula is C26H29FN4O2. The van der Waals surface area contributed by atoms with Crippen molar-refractivity contribution in [3.63, 3.8) is 0 Å². The van der Waals surface area contributed by atoms with Crippen LogP contribution < -0.4 is 5.69 Å². The number of carbonyl (C=O) groups excluding carboxylic acids is 1. The van der Waals surface area contributed by atoms with Crippen molar-refractivity contribution in [2.75, 3.05) is 13.1 Å². The van der Waals surface area contributed by atoms with Crippen LogP contribution in [0.2, 0.25) is 0 Å². The molecule has 0 aliphatic carbocycles. The lowest BCUT2D eigenvalue weighted by Gasteiger charge is -2.35. The number of aromatic nitrogens is 3. The van der Waals surface area contributed by atoms with Gasteiger partial charge < -0.3 is 4.90 Å². The number of fused-ring (bicyclic) bond motifs is 1. The number of benzene rings is 2. The first kappa shape index (κ1) is 21.6. The van der Waals surface area contributed by atoms with Gasteiger partial charge in [-0.15, -0.1) is 0 Å². The van der Waals surface area contributed by atoms with Gasteiger partial charge in [-0.25, -0.2) is 13.9 Å². The van der Waals surface area contributed by atoms with E-state index in [1.807, 2.05) is 11.0 Å². The summed E-state index contributed by atoms with van der Waals surface area (Å²) in [5.74, 6) is 0.502. The molecule has 0 radical (unpaired) electrons. The Morgan fingerprint density at radius 3 is 2.48 bits per heavy atom. The van der Waals surface area contributed by atoms with Crippen molar-refractivity contribution in [2.24, 2.45) is 5.92 Å². The molecule has 5 rings (SSSR count). The molecule has 3 aromatic rings. The number of likely N-dealkylation sites (tertiary alicyclic amines) is 1. The van der Waals surface area contributed by atoms with Crippen molar-refractivity contribution in [1.29, 1.82) is 0 Å². The highest BCUT2D eigenvalue weighted by Gasteiger charge is 2.35. The molecule has 2 aliphatic rings. The normalized spacial score (nSPS) is 18.8. The Hall–Kier alpha value is -3.22. The van der Waals surface area contributed by atoms with E-state index in [2.05, 4.69) is 29.4 Å². The number of rotatable bonds is 5. The number of piperidine rings is 1. The van der Waals surface area contributed by atoms with E-state index in [4.69, 9.17) is 0 Å². The molecule has 0 bridgehead atoms. The summed E-state index contributed by atoms with van der Waals surface area (Å²) in [5, 5.41) is 4.54. The van der Waals surface area contributed by atoms with Crippen molar-refractivity contribution in [3.8, 4) is 0 Å². The largest absolute Gasteiger partial charge is 0.346 e. The predicted molar refractivity (Wildman–Crippen MR) is 123 cm³/mol. The second-order valence-corrected chi connectivity index (χ2v) is 9.23. The highest BCUT2D eigenvalue weighted by Crippen LogP contribution is 2.29. The van der Waals surface area contributed by atoms with Gasteiger partial charge in [0.1, 0.15) is 11.6 Å². The fourth-order valence-corrected chi connectivity index (χ4v) is 5.18. The molecule has 2 aromatic carbocycles. The van der Waals surface area contributed by atoms with Crippen LogP contribution >= 0.6 is 0 Å². The third kappa shape index (κ3) is 4.63. The molecule has 1 fully saturated rings. The minimum atomic E-state index is -0.383. The first-order chi connectivity index (χ1) is 16.1. The summed E-state index contributed by atoms with van der Waals surface area (Å²) in [6, 6.07) is 16.7. The number of hydrogen-bond donors (Lipinski definition) is 0. The van der Waals surface area contributed by atoms with Crippen LogP contribution in [0.4, 0.5) is 4.39 Å². The zero-order chi connectivity index (χ0) is 22.8. The maximum Gasteiger partial charge on any atom is 0.346 e. The highest BCUT2D eigenvalue weighted by molar-refractivity contribution is 5.83. The summed E-state index contributed by atoms with van der Waals surface area (Å²) in [6.07, 6.45) is 4.53. The summed E-state index contributed by atoms with van der Waals surface area (Å²) in [7, 11) is 0. The summed E-state index contributed by atoms with van der Waals surface area (Å²) in [4.78, 5) is 28.3. The van der Waals surface area contributed by atoms with E-state index in [0.717, 1.165) is 38.8 Å². The Bertz CT molecular complexity index is 1180. The standard InChI is InChI=1S/C26H29FN4O2/c27-22-9-4-8-21(17-22)18-31-26(33)30-13-5-10-23(24(30)28-31)25(32)29-14-11-20(12-15-29)16-19-6-2-1-3-7-19/h1-4,6-9,17,20,23H,5,10-16,18H2. The van der Waals surface area contributed by atoms with Crippen LogP contribution in [-0.4, -0.2) is 38.2 Å². The van der Waals surface area contributed by atoms with Crippen molar-refractivity contribution in [3.05, 3.63) is 87.9 Å². The van der Waals surface area contributed by atoms with E-state index in [1.165, 1.54) is 22.4 Å². The summed E-state index contributed by atoms with van der Waals surface area (Å²) < 4.78 is 16.6. The summed E-state index contributed by atoms with van der Waals surface area (Å²) >= 11 is 0. The van der Waals surface area contributed by atoms with Crippen LogP contribution in [0.25, 0.3) is 0 Å². The molecule has 33 heavy (non-hydrogen) atoms. The van der Waals surface area contributed by atoms with Crippen LogP contribution in [0.1, 0.15) is 48.6 Å². The number of nitrogens with zero attached hydrogens (tertiary/aromatic N) is 4. The molecule has 1 amide bonds. The molecule has 6 nitrogen and oxygen atoms in total. The lowest BCUT2D eigenvalue weighted by Crippen LogP contribution is -2.43. The Labute approximate surface area is 192 Å². The van der Waals surface area contributed by atoms with Gasteiger partial charge in [-0.1, -0.05) is 42.5 Å². The van der Waals surface area contributed by atoms with Gasteiger partial charge in [0.25, 0.3) is 0 Å². The van der Waals surface area contributed by atoms with Gasteiger partial charge in [-0.3, -0.25) is 9.36 Å². The average molecular weight is 449 g/mol. The minimum absolute atomic E-state index is 0.0806. The van der Waals surface area contributed by atoms with E-state index in [1.54, 1.807) is 16.7 Å². The molecule has 7 heteroatoms. The van der Waals surface area contributed by atoms with E-state index >= 15 is 0 Å². The van der Waals surface area contributed by atoms with Crippen molar-refractivity contribution >= 4 is 5.91 Å². The van der Waals surface area contributed by atoms with E-state index in [0.29, 0.717) is 30.3 Å². The average Bonchev–Trinajstić information content (AvgIpc) is 3.15. The SMILES string of the molecule is O=C(C1CCCn2c1nn(Cc1cccc(F)c1)c2=O)N1CCC(Cc2ccccc2)CC1. The van der Waals surface area contributed by atoms with Gasteiger partial charge in [0.05, 0.1) is 12.5 Å². The molecule has 1 atom stereocenters. The Balaban J connectivity index is 1.27. The smallest absolute Gasteiger partial charge is 0.342 e. The molecule has 1 aromatic heterocycles. The molecule has 3 heterocycles. The number of hydrogen-bond acceptors (Lipinski definition) is 3. The van der Waals surface area contributed by atoms with E-state index in [9.17, 15) is 14.0 Å². The monoisotopic (exact) mass is 448 g/mol. The third-order valence-electron chi connectivity index (χ3n) is 6.95. The lowest BCUT2D eigenvalue weighted by atomic mass is 9.89. The molecule has 1 saturated heterocycles. The third-order valence-corrected chi connectivity index (χ3v) is 6.95. The Morgan fingerprint density at radius 1 is 0.970 bits per heavy atom. The van der Waals surface area contributed by atoms with E-state index < -0.39 is 0 Å². The van der Waals surface area contributed by atoms with Gasteiger partial charge in [0.2, 0.25) is 5.91 Å². The Morgan fingerprint density at radius 2 is 1.73 bits per heavy atom. The first-order valence-corrected chi connectivity index (χ1v) is 11.8. The maximum atomic E-state index is 13.6. The van der Waals surface area contributed by atoms with Crippen LogP contribution in [-0.2, 0) is 24.3 Å². The maximum absolute atomic E-state index is 13.6. The molecule has 1 unspecified atom stereocenters. The van der Waals surface area contributed by atoms with Gasteiger partial charge >= 0.3 is 5.69 Å². The predicted octanol–water partition coefficient (Wildman–Crippen LogP) is 3.59. The first-order valence-electron chi connectivity index (χ1n) is 11.8. The van der Waals surface area contributed by atoms with Crippen LogP contribution in [0.15, 0.2) is 59.4 Å². The highest BCUT2D eigenvalue weighted by atomic mass is 19.1. The van der Waals surface area contributed by atoms with Crippen LogP contribution in [0.3, 0.4) is 0 Å². The van der Waals surface area contributed by atoms with Crippen molar-refractivity contribution < 1.29 is 9.18 Å². The van der Waals surface area contributed by atoms with Gasteiger partial charge in [0, 0.05) is 19.6 Å². The zero-order valence-electron chi connectivity index (χ0n) is 18.7. The fourth-order valence-electron chi connectivity index (χ4n) is 5.18. The molecular weight excluding hydrogens is 419 g/mol. The van der Waals surface area contributed by atoms with Crippen molar-refractivity contribution in [1.82, 2.24) is 19.2 Å². The number of amides is 1. The molecule has 0 N–H and O–H groups in total. The summed E-state index contributed by atoms with van der Waals surface area (Å²) in [6.45, 7) is 2.27. The van der Waals surface area contributed by atoms with Crippen LogP contribution in [0, 0.1) is 11.7 Å². The van der Waals surface area contributed by atoms with Gasteiger partial charge in [-0.2, -0.15) is 5.10 Å². The van der Waals surface area contributed by atoms with Gasteiger partial charge in [-0.05, 0) is 61.3 Å². The quantitative estimate of drug-likeness (QED) is 0.599. The van der Waals surface area contributed by atoms with Crippen molar-refractivity contribution in [2.45, 2.75) is 51.1 Å². The lowest BCUT2D eigenvalue weighted by molar-refractivity contribution is -0.135. The number of halogens is 1. The topological polar surface area (TPSA) is 60.1 Å². The van der Waals surface area contributed by atoms with E-state index in [-0.39, 0.29) is 29.9 Å².